The molecule has 1 aromatic rings. The predicted molar refractivity (Wildman–Crippen MR) is 90.8 cm³/mol. The van der Waals surface area contributed by atoms with Gasteiger partial charge < -0.3 is 16.4 Å². The third-order valence-electron chi connectivity index (χ3n) is 3.95. The Morgan fingerprint density at radius 2 is 2.09 bits per heavy atom. The summed E-state index contributed by atoms with van der Waals surface area (Å²) in [6.45, 7) is 1.96. The molecule has 0 bridgehead atoms. The molecular formula is C15H25N7O. The number of hydrazine groups is 1. The van der Waals surface area contributed by atoms with E-state index in [9.17, 15) is 0 Å². The van der Waals surface area contributed by atoms with E-state index in [1.165, 1.54) is 11.4 Å². The van der Waals surface area contributed by atoms with Crippen LogP contribution in [0.3, 0.4) is 0 Å². The summed E-state index contributed by atoms with van der Waals surface area (Å²) in [6, 6.07) is 5.38. The molecular weight excluding hydrogens is 294 g/mol. The van der Waals surface area contributed by atoms with Gasteiger partial charge in [-0.3, -0.25) is 0 Å². The first-order valence-corrected chi connectivity index (χ1v) is 7.82. The second-order valence-electron chi connectivity index (χ2n) is 5.66. The summed E-state index contributed by atoms with van der Waals surface area (Å²) in [5.74, 6) is 13.2. The van der Waals surface area contributed by atoms with E-state index in [0.717, 1.165) is 25.7 Å². The second-order valence-corrected chi connectivity index (χ2v) is 5.66. The zero-order chi connectivity index (χ0) is 16.7. The highest BCUT2D eigenvalue weighted by atomic mass is 16.6. The summed E-state index contributed by atoms with van der Waals surface area (Å²) in [6.07, 6.45) is 5.63. The van der Waals surface area contributed by atoms with Gasteiger partial charge in [0.05, 0.1) is 5.69 Å². The number of hydrogen-bond donors (Lipinski definition) is 3. The van der Waals surface area contributed by atoms with Crippen molar-refractivity contribution in [3.63, 3.8) is 0 Å². The molecule has 1 aliphatic carbocycles. The summed E-state index contributed by atoms with van der Waals surface area (Å²) < 4.78 is 0. The Kier molecular flexibility index (Phi) is 6.16. The van der Waals surface area contributed by atoms with Crippen molar-refractivity contribution in [1.29, 1.82) is 0 Å². The number of hydrazone groups is 1. The molecule has 0 unspecified atom stereocenters. The normalized spacial score (nSPS) is 17.1. The van der Waals surface area contributed by atoms with Gasteiger partial charge >= 0.3 is 0 Å². The van der Waals surface area contributed by atoms with E-state index in [2.05, 4.69) is 15.2 Å². The number of rotatable bonds is 4. The van der Waals surface area contributed by atoms with Gasteiger partial charge in [-0.15, -0.1) is 0 Å². The van der Waals surface area contributed by atoms with Crippen LogP contribution in [-0.2, 0) is 11.4 Å². The van der Waals surface area contributed by atoms with E-state index < -0.39 is 0 Å². The molecule has 0 saturated heterocycles. The van der Waals surface area contributed by atoms with E-state index in [1.807, 2.05) is 12.1 Å². The van der Waals surface area contributed by atoms with Crippen LogP contribution in [0, 0.1) is 5.92 Å². The maximum Gasteiger partial charge on any atom is 0.167 e. The van der Waals surface area contributed by atoms with Crippen LogP contribution in [0.25, 0.3) is 0 Å². The number of anilines is 1. The monoisotopic (exact) mass is 319 g/mol. The number of oxime groups is 1. The van der Waals surface area contributed by atoms with Crippen LogP contribution in [0.5, 0.6) is 0 Å². The number of hydrogen-bond acceptors (Lipinski definition) is 7. The zero-order valence-electron chi connectivity index (χ0n) is 13.5. The average molecular weight is 319 g/mol. The van der Waals surface area contributed by atoms with Crippen LogP contribution < -0.4 is 17.4 Å². The minimum Gasteiger partial charge on any atom is -0.388 e. The van der Waals surface area contributed by atoms with Gasteiger partial charge in [-0.05, 0) is 31.9 Å². The van der Waals surface area contributed by atoms with Crippen LogP contribution in [0.1, 0.15) is 44.7 Å². The van der Waals surface area contributed by atoms with E-state index in [1.54, 1.807) is 13.0 Å². The standard InChI is InChI=1S/C15H25N7O/c1-11(20-17)22(18)15(12-6-3-2-4-7-12)21-23-10-13-8-5-9-14(16)19-13/h5,8-9,12H,2-4,6-7,10,17-18H2,1H3,(H2,16,19)/b20-11-,21-15+. The lowest BCUT2D eigenvalue weighted by atomic mass is 9.88. The molecule has 0 amide bonds. The smallest absolute Gasteiger partial charge is 0.167 e. The minimum absolute atomic E-state index is 0.230. The quantitative estimate of drug-likeness (QED) is 0.334. The average Bonchev–Trinajstić information content (AvgIpc) is 2.58. The van der Waals surface area contributed by atoms with Gasteiger partial charge in [-0.25, -0.2) is 15.8 Å². The maximum absolute atomic E-state index is 6.08. The topological polar surface area (TPSA) is 128 Å². The highest BCUT2D eigenvalue weighted by molar-refractivity contribution is 5.99. The van der Waals surface area contributed by atoms with Gasteiger partial charge in [0.2, 0.25) is 0 Å². The van der Waals surface area contributed by atoms with Crippen LogP contribution in [0.4, 0.5) is 5.82 Å². The van der Waals surface area contributed by atoms with Crippen molar-refractivity contribution in [1.82, 2.24) is 9.99 Å². The Morgan fingerprint density at radius 3 is 2.74 bits per heavy atom. The second kappa shape index (κ2) is 8.33. The van der Waals surface area contributed by atoms with E-state index >= 15 is 0 Å². The largest absolute Gasteiger partial charge is 0.388 e. The molecule has 1 aromatic heterocycles. The van der Waals surface area contributed by atoms with Crippen LogP contribution >= 0.6 is 0 Å². The molecule has 8 heteroatoms. The third kappa shape index (κ3) is 4.82. The lowest BCUT2D eigenvalue weighted by molar-refractivity contribution is 0.121. The Labute approximate surface area is 136 Å². The highest BCUT2D eigenvalue weighted by Gasteiger charge is 2.25. The Morgan fingerprint density at radius 1 is 1.35 bits per heavy atom. The summed E-state index contributed by atoms with van der Waals surface area (Å²) >= 11 is 0. The fourth-order valence-corrected chi connectivity index (χ4v) is 2.65. The number of aromatic nitrogens is 1. The zero-order valence-corrected chi connectivity index (χ0v) is 13.5. The number of nitrogens with zero attached hydrogens (tertiary/aromatic N) is 4. The van der Waals surface area contributed by atoms with E-state index in [-0.39, 0.29) is 12.5 Å². The van der Waals surface area contributed by atoms with Crippen molar-refractivity contribution in [3.8, 4) is 0 Å². The van der Waals surface area contributed by atoms with Gasteiger partial charge in [-0.2, -0.15) is 5.10 Å². The van der Waals surface area contributed by atoms with E-state index in [4.69, 9.17) is 22.3 Å². The molecule has 0 radical (unpaired) electrons. The third-order valence-corrected chi connectivity index (χ3v) is 3.95. The Bertz CT molecular complexity index is 567. The van der Waals surface area contributed by atoms with Crippen LogP contribution in [0.15, 0.2) is 28.5 Å². The molecule has 0 atom stereocenters. The van der Waals surface area contributed by atoms with Gasteiger partial charge in [0.15, 0.2) is 12.4 Å². The molecule has 0 aliphatic heterocycles. The number of amidine groups is 2. The molecule has 1 saturated carbocycles. The van der Waals surface area contributed by atoms with Crippen molar-refractivity contribution in [2.24, 2.45) is 27.9 Å². The molecule has 6 N–H and O–H groups in total. The molecule has 0 aromatic carbocycles. The Hall–Kier alpha value is -2.35. The van der Waals surface area contributed by atoms with Gasteiger partial charge in [0.25, 0.3) is 0 Å². The van der Waals surface area contributed by atoms with Gasteiger partial charge in [0.1, 0.15) is 11.7 Å². The molecule has 126 valence electrons. The first-order chi connectivity index (χ1) is 11.1. The molecule has 1 heterocycles. The Balaban J connectivity index is 2.08. The molecule has 2 rings (SSSR count). The van der Waals surface area contributed by atoms with Crippen molar-refractivity contribution >= 4 is 17.5 Å². The molecule has 0 spiro atoms. The highest BCUT2D eigenvalue weighted by Crippen LogP contribution is 2.26. The maximum atomic E-state index is 6.08. The molecule has 1 fully saturated rings. The predicted octanol–water partition coefficient (Wildman–Crippen LogP) is 1.54. The van der Waals surface area contributed by atoms with Crippen molar-refractivity contribution in [3.05, 3.63) is 23.9 Å². The van der Waals surface area contributed by atoms with E-state index in [0.29, 0.717) is 23.2 Å². The lowest BCUT2D eigenvalue weighted by Gasteiger charge is -2.28. The number of nitrogen functional groups attached to an aromatic ring is 1. The summed E-state index contributed by atoms with van der Waals surface area (Å²) in [4.78, 5) is 9.63. The first-order valence-electron chi connectivity index (χ1n) is 7.82. The van der Waals surface area contributed by atoms with Crippen molar-refractivity contribution < 1.29 is 4.84 Å². The fourth-order valence-electron chi connectivity index (χ4n) is 2.65. The van der Waals surface area contributed by atoms with Crippen LogP contribution in [0.2, 0.25) is 0 Å². The SMILES string of the molecule is C/C(=N/N)N(N)/C(=N/OCc1cccc(N)n1)C1CCCCC1. The van der Waals surface area contributed by atoms with Gasteiger partial charge in [-0.1, -0.05) is 30.5 Å². The summed E-state index contributed by atoms with van der Waals surface area (Å²) in [5, 5.41) is 9.28. The first kappa shape index (κ1) is 17.0. The minimum atomic E-state index is 0.230. The number of pyridine rings is 1. The molecule has 8 nitrogen and oxygen atoms in total. The van der Waals surface area contributed by atoms with Crippen molar-refractivity contribution in [2.45, 2.75) is 45.6 Å². The molecule has 23 heavy (non-hydrogen) atoms. The lowest BCUT2D eigenvalue weighted by Crippen LogP contribution is -2.45. The molecule has 1 aliphatic rings. The van der Waals surface area contributed by atoms with Crippen molar-refractivity contribution in [2.75, 3.05) is 5.73 Å². The number of nitrogens with two attached hydrogens (primary N) is 3. The summed E-state index contributed by atoms with van der Waals surface area (Å²) in [5.41, 5.74) is 6.37. The summed E-state index contributed by atoms with van der Waals surface area (Å²) in [7, 11) is 0. The van der Waals surface area contributed by atoms with Gasteiger partial charge in [0, 0.05) is 5.92 Å². The fraction of sp³-hybridized carbons (Fsp3) is 0.533. The van der Waals surface area contributed by atoms with Crippen LogP contribution in [-0.4, -0.2) is 21.7 Å².